The molecular formula is C9H13BrN2S. The van der Waals surface area contributed by atoms with Gasteiger partial charge in [-0.1, -0.05) is 13.8 Å². The van der Waals surface area contributed by atoms with Crippen molar-refractivity contribution in [2.75, 3.05) is 0 Å². The maximum atomic E-state index is 5.72. The Morgan fingerprint density at radius 1 is 1.69 bits per heavy atom. The van der Waals surface area contributed by atoms with Gasteiger partial charge in [-0.3, -0.25) is 4.99 Å². The molecule has 0 saturated heterocycles. The topological polar surface area (TPSA) is 38.4 Å². The van der Waals surface area contributed by atoms with E-state index in [0.717, 1.165) is 10.3 Å². The summed E-state index contributed by atoms with van der Waals surface area (Å²) in [4.78, 5) is 5.53. The van der Waals surface area contributed by atoms with Gasteiger partial charge in [0.1, 0.15) is 0 Å². The van der Waals surface area contributed by atoms with Crippen molar-refractivity contribution >= 4 is 33.1 Å². The number of hydrogen-bond donors (Lipinski definition) is 1. The van der Waals surface area contributed by atoms with Gasteiger partial charge in [0.25, 0.3) is 0 Å². The van der Waals surface area contributed by atoms with Crippen LogP contribution in [-0.2, 0) is 6.54 Å². The molecule has 1 rings (SSSR count). The number of thiophene rings is 1. The molecule has 0 atom stereocenters. The summed E-state index contributed by atoms with van der Waals surface area (Å²) >= 11 is 5.15. The number of hydrogen-bond acceptors (Lipinski definition) is 2. The second-order valence-electron chi connectivity index (χ2n) is 3.09. The molecule has 0 spiro atoms. The highest BCUT2D eigenvalue weighted by Gasteiger charge is 2.02. The Labute approximate surface area is 91.0 Å². The van der Waals surface area contributed by atoms with Gasteiger partial charge in [-0.2, -0.15) is 0 Å². The first-order valence-electron chi connectivity index (χ1n) is 4.13. The molecule has 0 aliphatic heterocycles. The van der Waals surface area contributed by atoms with Gasteiger partial charge in [-0.05, 0) is 27.4 Å². The summed E-state index contributed by atoms with van der Waals surface area (Å²) in [5.41, 5.74) is 5.72. The average Bonchev–Trinajstić information content (AvgIpc) is 2.47. The van der Waals surface area contributed by atoms with Crippen molar-refractivity contribution in [1.29, 1.82) is 0 Å². The Morgan fingerprint density at radius 2 is 2.38 bits per heavy atom. The molecule has 13 heavy (non-hydrogen) atoms. The van der Waals surface area contributed by atoms with Gasteiger partial charge in [0.15, 0.2) is 0 Å². The van der Waals surface area contributed by atoms with E-state index in [1.807, 2.05) is 25.3 Å². The third-order valence-electron chi connectivity index (χ3n) is 1.69. The van der Waals surface area contributed by atoms with Crippen LogP contribution in [-0.4, -0.2) is 5.84 Å². The van der Waals surface area contributed by atoms with Gasteiger partial charge in [-0.25, -0.2) is 0 Å². The van der Waals surface area contributed by atoms with Gasteiger partial charge < -0.3 is 5.73 Å². The van der Waals surface area contributed by atoms with Crippen LogP contribution >= 0.6 is 27.3 Å². The lowest BCUT2D eigenvalue weighted by molar-refractivity contribution is 0.856. The molecule has 0 aliphatic carbocycles. The van der Waals surface area contributed by atoms with Crippen molar-refractivity contribution in [2.24, 2.45) is 16.6 Å². The van der Waals surface area contributed by atoms with E-state index < -0.39 is 0 Å². The predicted octanol–water partition coefficient (Wildman–Crippen LogP) is 3.02. The fourth-order valence-electron chi connectivity index (χ4n) is 0.784. The van der Waals surface area contributed by atoms with Crippen LogP contribution in [0.4, 0.5) is 0 Å². The molecule has 0 amide bonds. The molecule has 1 aromatic heterocycles. The first kappa shape index (κ1) is 10.7. The van der Waals surface area contributed by atoms with Crippen LogP contribution in [0.2, 0.25) is 0 Å². The lowest BCUT2D eigenvalue weighted by Crippen LogP contribution is -2.18. The zero-order valence-electron chi connectivity index (χ0n) is 7.75. The van der Waals surface area contributed by atoms with E-state index in [0.29, 0.717) is 12.5 Å². The van der Waals surface area contributed by atoms with E-state index in [2.05, 4.69) is 20.9 Å². The molecule has 0 unspecified atom stereocenters. The molecule has 0 fully saturated rings. The van der Waals surface area contributed by atoms with Gasteiger partial charge >= 0.3 is 0 Å². The fraction of sp³-hybridized carbons (Fsp3) is 0.444. The van der Waals surface area contributed by atoms with Gasteiger partial charge in [0, 0.05) is 15.3 Å². The van der Waals surface area contributed by atoms with Crippen LogP contribution in [0.15, 0.2) is 20.9 Å². The third-order valence-corrected chi connectivity index (χ3v) is 3.60. The van der Waals surface area contributed by atoms with Crippen molar-refractivity contribution in [1.82, 2.24) is 0 Å². The highest BCUT2D eigenvalue weighted by molar-refractivity contribution is 9.10. The summed E-state index contributed by atoms with van der Waals surface area (Å²) < 4.78 is 1.12. The van der Waals surface area contributed by atoms with Crippen LogP contribution in [0.25, 0.3) is 0 Å². The average molecular weight is 261 g/mol. The van der Waals surface area contributed by atoms with Crippen molar-refractivity contribution in [2.45, 2.75) is 20.4 Å². The summed E-state index contributed by atoms with van der Waals surface area (Å²) in [6, 6.07) is 2.03. The Bertz CT molecular complexity index is 304. The van der Waals surface area contributed by atoms with E-state index in [4.69, 9.17) is 5.73 Å². The Morgan fingerprint density at radius 3 is 2.85 bits per heavy atom. The highest BCUT2D eigenvalue weighted by atomic mass is 79.9. The van der Waals surface area contributed by atoms with Crippen LogP contribution in [0.5, 0.6) is 0 Å². The molecule has 1 aromatic rings. The molecule has 4 heteroatoms. The summed E-state index contributed by atoms with van der Waals surface area (Å²) in [5.74, 6) is 1.05. The molecule has 1 heterocycles. The molecule has 72 valence electrons. The van der Waals surface area contributed by atoms with Crippen molar-refractivity contribution in [3.8, 4) is 0 Å². The number of rotatable bonds is 3. The van der Waals surface area contributed by atoms with Crippen molar-refractivity contribution < 1.29 is 0 Å². The van der Waals surface area contributed by atoms with E-state index in [-0.39, 0.29) is 0 Å². The van der Waals surface area contributed by atoms with Crippen LogP contribution < -0.4 is 5.73 Å². The maximum absolute atomic E-state index is 5.72. The largest absolute Gasteiger partial charge is 0.387 e. The summed E-state index contributed by atoms with van der Waals surface area (Å²) in [6.45, 7) is 4.77. The normalized spacial score (nSPS) is 12.5. The lowest BCUT2D eigenvalue weighted by atomic mass is 10.2. The number of amidine groups is 1. The smallest absolute Gasteiger partial charge is 0.0967 e. The Kier molecular flexibility index (Phi) is 3.93. The summed E-state index contributed by atoms with van der Waals surface area (Å²) in [7, 11) is 0. The predicted molar refractivity (Wildman–Crippen MR) is 62.2 cm³/mol. The monoisotopic (exact) mass is 260 g/mol. The number of nitrogens with zero attached hydrogens (tertiary/aromatic N) is 1. The van der Waals surface area contributed by atoms with Crippen LogP contribution in [0, 0.1) is 5.92 Å². The second kappa shape index (κ2) is 4.77. The first-order valence-corrected chi connectivity index (χ1v) is 5.80. The summed E-state index contributed by atoms with van der Waals surface area (Å²) in [5, 5.41) is 2.04. The number of aliphatic imine (C=N–C) groups is 1. The van der Waals surface area contributed by atoms with Gasteiger partial charge in [0.2, 0.25) is 0 Å². The SMILES string of the molecule is CC(C)C(N)=NCc1sccc1Br. The van der Waals surface area contributed by atoms with Crippen molar-refractivity contribution in [3.05, 3.63) is 20.8 Å². The molecule has 2 nitrogen and oxygen atoms in total. The number of halogens is 1. The van der Waals surface area contributed by atoms with E-state index in [9.17, 15) is 0 Å². The minimum absolute atomic E-state index is 0.332. The maximum Gasteiger partial charge on any atom is 0.0967 e. The van der Waals surface area contributed by atoms with E-state index in [1.165, 1.54) is 4.88 Å². The molecule has 2 N–H and O–H groups in total. The number of nitrogens with two attached hydrogens (primary N) is 1. The highest BCUT2D eigenvalue weighted by Crippen LogP contribution is 2.23. The van der Waals surface area contributed by atoms with Crippen molar-refractivity contribution in [3.63, 3.8) is 0 Å². The zero-order chi connectivity index (χ0) is 9.84. The fourth-order valence-corrected chi connectivity index (χ4v) is 2.18. The molecule has 0 saturated carbocycles. The minimum Gasteiger partial charge on any atom is -0.387 e. The van der Waals surface area contributed by atoms with E-state index >= 15 is 0 Å². The molecule has 0 radical (unpaired) electrons. The van der Waals surface area contributed by atoms with Gasteiger partial charge in [0.05, 0.1) is 12.4 Å². The zero-order valence-corrected chi connectivity index (χ0v) is 10.2. The minimum atomic E-state index is 0.332. The quantitative estimate of drug-likeness (QED) is 0.659. The summed E-state index contributed by atoms with van der Waals surface area (Å²) in [6.07, 6.45) is 0. The van der Waals surface area contributed by atoms with Crippen LogP contribution in [0.1, 0.15) is 18.7 Å². The second-order valence-corrected chi connectivity index (χ2v) is 4.94. The lowest BCUT2D eigenvalue weighted by Gasteiger charge is -2.02. The molecular weight excluding hydrogens is 248 g/mol. The van der Waals surface area contributed by atoms with E-state index in [1.54, 1.807) is 11.3 Å². The van der Waals surface area contributed by atoms with Gasteiger partial charge in [-0.15, -0.1) is 11.3 Å². The third kappa shape index (κ3) is 3.12. The van der Waals surface area contributed by atoms with Crippen LogP contribution in [0.3, 0.4) is 0 Å². The molecule has 0 aromatic carbocycles. The Hall–Kier alpha value is -0.350. The first-order chi connectivity index (χ1) is 6.11. The Balaban J connectivity index is 2.61. The standard InChI is InChI=1S/C9H13BrN2S/c1-6(2)9(11)12-5-8-7(10)3-4-13-8/h3-4,6H,5H2,1-2H3,(H2,11,12). The molecule has 0 aliphatic rings. The molecule has 0 bridgehead atoms.